The molecule has 0 radical (unpaired) electrons. The van der Waals surface area contributed by atoms with Crippen molar-refractivity contribution < 1.29 is 4.79 Å². The third-order valence-electron chi connectivity index (χ3n) is 2.93. The van der Waals surface area contributed by atoms with E-state index < -0.39 is 0 Å². The van der Waals surface area contributed by atoms with E-state index in [-0.39, 0.29) is 5.78 Å². The summed E-state index contributed by atoms with van der Waals surface area (Å²) in [5.74, 6) is 0.258. The summed E-state index contributed by atoms with van der Waals surface area (Å²) in [5.41, 5.74) is 2.00. The van der Waals surface area contributed by atoms with E-state index in [0.717, 1.165) is 16.5 Å². The van der Waals surface area contributed by atoms with Gasteiger partial charge in [0.1, 0.15) is 0 Å². The van der Waals surface area contributed by atoms with Gasteiger partial charge in [-0.2, -0.15) is 0 Å². The molecule has 2 heteroatoms. The highest BCUT2D eigenvalue weighted by molar-refractivity contribution is 9.10. The van der Waals surface area contributed by atoms with Gasteiger partial charge in [-0.15, -0.1) is 0 Å². The highest BCUT2D eigenvalue weighted by Crippen LogP contribution is 2.20. The van der Waals surface area contributed by atoms with Gasteiger partial charge in [0.25, 0.3) is 0 Å². The Morgan fingerprint density at radius 3 is 2.53 bits per heavy atom. The lowest BCUT2D eigenvalue weighted by atomic mass is 10.0. The Labute approximate surface area is 113 Å². The molecular formula is C15H21BrO. The molecule has 0 fully saturated rings. The van der Waals surface area contributed by atoms with Crippen molar-refractivity contribution in [3.05, 3.63) is 33.8 Å². The third-order valence-corrected chi connectivity index (χ3v) is 3.59. The maximum Gasteiger partial charge on any atom is 0.164 e. The number of unbranched alkanes of at least 4 members (excludes halogenated alkanes) is 4. The molecule has 1 rings (SSSR count). The lowest BCUT2D eigenvalue weighted by Gasteiger charge is -2.05. The zero-order chi connectivity index (χ0) is 12.7. The van der Waals surface area contributed by atoms with Gasteiger partial charge in [0.15, 0.2) is 5.78 Å². The van der Waals surface area contributed by atoms with E-state index in [2.05, 4.69) is 22.9 Å². The number of benzene rings is 1. The number of hydrogen-bond donors (Lipinski definition) is 0. The predicted octanol–water partition coefficient (Wildman–Crippen LogP) is 5.30. The van der Waals surface area contributed by atoms with Gasteiger partial charge in [-0.25, -0.2) is 0 Å². The lowest BCUT2D eigenvalue weighted by molar-refractivity contribution is 0.0978. The molecule has 0 saturated heterocycles. The fourth-order valence-corrected chi connectivity index (χ4v) is 2.58. The van der Waals surface area contributed by atoms with Crippen LogP contribution >= 0.6 is 15.9 Å². The van der Waals surface area contributed by atoms with Crippen LogP contribution in [0.4, 0.5) is 0 Å². The van der Waals surface area contributed by atoms with Gasteiger partial charge in [0.2, 0.25) is 0 Å². The Hall–Kier alpha value is -0.630. The normalized spacial score (nSPS) is 10.5. The van der Waals surface area contributed by atoms with E-state index in [1.165, 1.54) is 31.2 Å². The summed E-state index contributed by atoms with van der Waals surface area (Å²) in [5, 5.41) is 0. The van der Waals surface area contributed by atoms with E-state index in [1.54, 1.807) is 0 Å². The van der Waals surface area contributed by atoms with E-state index in [0.29, 0.717) is 6.42 Å². The van der Waals surface area contributed by atoms with Gasteiger partial charge in [-0.05, 0) is 25.0 Å². The molecule has 0 N–H and O–H groups in total. The second kappa shape index (κ2) is 7.65. The third kappa shape index (κ3) is 5.03. The molecule has 0 saturated carbocycles. The molecule has 0 aromatic heterocycles. The lowest BCUT2D eigenvalue weighted by Crippen LogP contribution is -2.00. The highest BCUT2D eigenvalue weighted by atomic mass is 79.9. The van der Waals surface area contributed by atoms with Gasteiger partial charge < -0.3 is 0 Å². The van der Waals surface area contributed by atoms with Crippen molar-refractivity contribution in [3.8, 4) is 0 Å². The number of hydrogen-bond acceptors (Lipinski definition) is 1. The van der Waals surface area contributed by atoms with Crippen molar-refractivity contribution in [1.82, 2.24) is 0 Å². The van der Waals surface area contributed by atoms with Crippen LogP contribution in [0.2, 0.25) is 0 Å². The van der Waals surface area contributed by atoms with Crippen LogP contribution < -0.4 is 0 Å². The molecule has 0 heterocycles. The molecule has 0 unspecified atom stereocenters. The molecule has 1 aromatic carbocycles. The van der Waals surface area contributed by atoms with Crippen molar-refractivity contribution in [3.63, 3.8) is 0 Å². The summed E-state index contributed by atoms with van der Waals surface area (Å²) in [7, 11) is 0. The number of Topliss-reactive ketones (excluding diaryl/α,β-unsaturated/α-hetero) is 1. The van der Waals surface area contributed by atoms with E-state index in [4.69, 9.17) is 0 Å². The number of rotatable bonds is 7. The zero-order valence-electron chi connectivity index (χ0n) is 10.8. The van der Waals surface area contributed by atoms with Crippen LogP contribution in [-0.2, 0) is 0 Å². The minimum atomic E-state index is 0.258. The fraction of sp³-hybridized carbons (Fsp3) is 0.533. The SMILES string of the molecule is CCCCCCCC(=O)c1ccc(C)cc1Br. The molecule has 1 aromatic rings. The van der Waals surface area contributed by atoms with Crippen molar-refractivity contribution in [1.29, 1.82) is 0 Å². The number of carbonyl (C=O) groups is 1. The number of carbonyl (C=O) groups excluding carboxylic acids is 1. The maximum atomic E-state index is 12.0. The van der Waals surface area contributed by atoms with Gasteiger partial charge in [-0.3, -0.25) is 4.79 Å². The van der Waals surface area contributed by atoms with E-state index in [1.807, 2.05) is 25.1 Å². The topological polar surface area (TPSA) is 17.1 Å². The summed E-state index contributed by atoms with van der Waals surface area (Å²) in [4.78, 5) is 12.0. The molecule has 0 aliphatic carbocycles. The van der Waals surface area contributed by atoms with E-state index >= 15 is 0 Å². The second-order valence-electron chi connectivity index (χ2n) is 4.57. The van der Waals surface area contributed by atoms with Gasteiger partial charge in [0, 0.05) is 16.5 Å². The Bertz CT molecular complexity index is 371. The van der Waals surface area contributed by atoms with Crippen molar-refractivity contribution in [2.45, 2.75) is 52.4 Å². The van der Waals surface area contributed by atoms with Crippen LogP contribution in [0.25, 0.3) is 0 Å². The molecule has 0 aliphatic heterocycles. The van der Waals surface area contributed by atoms with E-state index in [9.17, 15) is 4.79 Å². The summed E-state index contributed by atoms with van der Waals surface area (Å²) in [6, 6.07) is 5.92. The molecule has 0 bridgehead atoms. The summed E-state index contributed by atoms with van der Waals surface area (Å²) in [6.45, 7) is 4.23. The Morgan fingerprint density at radius 1 is 1.18 bits per heavy atom. The van der Waals surface area contributed by atoms with Crippen LogP contribution in [-0.4, -0.2) is 5.78 Å². The van der Waals surface area contributed by atoms with Gasteiger partial charge in [-0.1, -0.05) is 60.7 Å². The van der Waals surface area contributed by atoms with Crippen LogP contribution in [0.5, 0.6) is 0 Å². The molecule has 0 atom stereocenters. The Kier molecular flexibility index (Phi) is 6.49. The molecule has 94 valence electrons. The van der Waals surface area contributed by atoms with Gasteiger partial charge in [0.05, 0.1) is 0 Å². The number of halogens is 1. The Balaban J connectivity index is 2.42. The molecule has 1 nitrogen and oxygen atoms in total. The fourth-order valence-electron chi connectivity index (χ4n) is 1.87. The van der Waals surface area contributed by atoms with Crippen molar-refractivity contribution in [2.24, 2.45) is 0 Å². The van der Waals surface area contributed by atoms with Crippen molar-refractivity contribution in [2.75, 3.05) is 0 Å². The number of aryl methyl sites for hydroxylation is 1. The first-order valence-corrected chi connectivity index (χ1v) is 7.23. The van der Waals surface area contributed by atoms with Gasteiger partial charge >= 0.3 is 0 Å². The smallest absolute Gasteiger partial charge is 0.164 e. The monoisotopic (exact) mass is 296 g/mol. The Morgan fingerprint density at radius 2 is 1.88 bits per heavy atom. The maximum absolute atomic E-state index is 12.0. The average molecular weight is 297 g/mol. The minimum absolute atomic E-state index is 0.258. The van der Waals surface area contributed by atoms with Crippen LogP contribution in [0, 0.1) is 6.92 Å². The van der Waals surface area contributed by atoms with Crippen LogP contribution in [0.1, 0.15) is 61.4 Å². The first-order chi connectivity index (χ1) is 8.15. The summed E-state index contributed by atoms with van der Waals surface area (Å²) >= 11 is 3.46. The first kappa shape index (κ1) is 14.4. The molecule has 0 amide bonds. The largest absolute Gasteiger partial charge is 0.294 e. The zero-order valence-corrected chi connectivity index (χ0v) is 12.3. The summed E-state index contributed by atoms with van der Waals surface area (Å²) in [6.07, 6.45) is 6.63. The highest BCUT2D eigenvalue weighted by Gasteiger charge is 2.09. The number of ketones is 1. The minimum Gasteiger partial charge on any atom is -0.294 e. The second-order valence-corrected chi connectivity index (χ2v) is 5.43. The van der Waals surface area contributed by atoms with Crippen molar-refractivity contribution >= 4 is 21.7 Å². The molecule has 0 spiro atoms. The molecule has 17 heavy (non-hydrogen) atoms. The summed E-state index contributed by atoms with van der Waals surface area (Å²) < 4.78 is 0.927. The quantitative estimate of drug-likeness (QED) is 0.493. The standard InChI is InChI=1S/C15H21BrO/c1-3-4-5-6-7-8-15(17)13-10-9-12(2)11-14(13)16/h9-11H,3-8H2,1-2H3. The van der Waals surface area contributed by atoms with Crippen LogP contribution in [0.3, 0.4) is 0 Å². The molecular weight excluding hydrogens is 276 g/mol. The predicted molar refractivity (Wildman–Crippen MR) is 76.6 cm³/mol. The average Bonchev–Trinajstić information content (AvgIpc) is 2.28. The first-order valence-electron chi connectivity index (χ1n) is 6.44. The van der Waals surface area contributed by atoms with Crippen LogP contribution in [0.15, 0.2) is 22.7 Å². The molecule has 0 aliphatic rings.